The molecular formula is C24H31BrN2O3. The van der Waals surface area contributed by atoms with Crippen molar-refractivity contribution >= 4 is 11.8 Å². The molecule has 0 aromatic heterocycles. The predicted molar refractivity (Wildman–Crippen MR) is 114 cm³/mol. The number of halogens is 1. The van der Waals surface area contributed by atoms with E-state index in [1.54, 1.807) is 12.0 Å². The van der Waals surface area contributed by atoms with Crippen LogP contribution in [0.4, 0.5) is 10.5 Å². The van der Waals surface area contributed by atoms with Crippen LogP contribution in [0.5, 0.6) is 5.75 Å². The summed E-state index contributed by atoms with van der Waals surface area (Å²) >= 11 is 0. The summed E-state index contributed by atoms with van der Waals surface area (Å²) in [5.74, 6) is 0.806. The number of hydrogen-bond donors (Lipinski definition) is 0. The highest BCUT2D eigenvalue weighted by Gasteiger charge is 2.50. The molecule has 0 radical (unpaired) electrons. The summed E-state index contributed by atoms with van der Waals surface area (Å²) in [4.78, 5) is 14.9. The maximum Gasteiger partial charge on any atom is 0.414 e. The van der Waals surface area contributed by atoms with Gasteiger partial charge in [0.25, 0.3) is 0 Å². The van der Waals surface area contributed by atoms with Crippen molar-refractivity contribution in [1.29, 1.82) is 0 Å². The number of hydrogen-bond acceptors (Lipinski definition) is 3. The Labute approximate surface area is 189 Å². The zero-order chi connectivity index (χ0) is 20.4. The minimum atomic E-state index is -0.261. The highest BCUT2D eigenvalue weighted by molar-refractivity contribution is 5.87. The van der Waals surface area contributed by atoms with E-state index in [2.05, 4.69) is 14.1 Å². The summed E-state index contributed by atoms with van der Waals surface area (Å²) in [7, 11) is 6.29. The molecule has 0 N–H and O–H groups in total. The van der Waals surface area contributed by atoms with E-state index in [1.807, 2.05) is 54.6 Å². The lowest BCUT2D eigenvalue weighted by Gasteiger charge is -2.44. The van der Waals surface area contributed by atoms with Gasteiger partial charge in [-0.25, -0.2) is 4.79 Å². The third-order valence-corrected chi connectivity index (χ3v) is 6.84. The molecule has 1 unspecified atom stereocenters. The van der Waals surface area contributed by atoms with Crippen molar-refractivity contribution in [2.24, 2.45) is 0 Å². The number of benzene rings is 2. The van der Waals surface area contributed by atoms with Crippen LogP contribution < -0.4 is 26.6 Å². The number of anilines is 1. The smallest absolute Gasteiger partial charge is 0.414 e. The molecule has 3 atom stereocenters. The molecule has 2 saturated heterocycles. The van der Waals surface area contributed by atoms with Gasteiger partial charge in [0.1, 0.15) is 11.9 Å². The Morgan fingerprint density at radius 2 is 1.60 bits per heavy atom. The molecule has 2 aliphatic heterocycles. The minimum absolute atomic E-state index is 0. The highest BCUT2D eigenvalue weighted by Crippen LogP contribution is 2.40. The van der Waals surface area contributed by atoms with Crippen LogP contribution in [0.15, 0.2) is 54.6 Å². The van der Waals surface area contributed by atoms with Gasteiger partial charge in [-0.15, -0.1) is 0 Å². The Hall–Kier alpha value is -2.05. The number of amides is 1. The molecule has 2 aromatic rings. The maximum absolute atomic E-state index is 13.2. The minimum Gasteiger partial charge on any atom is -1.00 e. The van der Waals surface area contributed by atoms with Crippen LogP contribution in [0.25, 0.3) is 0 Å². The summed E-state index contributed by atoms with van der Waals surface area (Å²) in [6, 6.07) is 18.8. The van der Waals surface area contributed by atoms with Gasteiger partial charge in [0.05, 0.1) is 39.8 Å². The topological polar surface area (TPSA) is 38.8 Å². The number of nitrogens with zero attached hydrogens (tertiary/aromatic N) is 2. The van der Waals surface area contributed by atoms with Gasteiger partial charge in [-0.1, -0.05) is 30.3 Å². The molecular weight excluding hydrogens is 444 g/mol. The first-order valence-corrected chi connectivity index (χ1v) is 10.5. The van der Waals surface area contributed by atoms with E-state index in [0.29, 0.717) is 18.6 Å². The van der Waals surface area contributed by atoms with Gasteiger partial charge in [0, 0.05) is 31.4 Å². The van der Waals surface area contributed by atoms with Crippen LogP contribution in [-0.4, -0.2) is 50.0 Å². The Balaban J connectivity index is 0.00000256. The number of fused-ring (bicyclic) bond motifs is 2. The Morgan fingerprint density at radius 3 is 2.17 bits per heavy atom. The maximum atomic E-state index is 13.2. The van der Waals surface area contributed by atoms with Gasteiger partial charge < -0.3 is 30.9 Å². The number of piperidine rings is 1. The van der Waals surface area contributed by atoms with E-state index < -0.39 is 0 Å². The molecule has 2 bridgehead atoms. The largest absolute Gasteiger partial charge is 1.00 e. The number of rotatable bonds is 5. The van der Waals surface area contributed by atoms with Crippen molar-refractivity contribution in [3.63, 3.8) is 0 Å². The van der Waals surface area contributed by atoms with Crippen LogP contribution in [0.3, 0.4) is 0 Å². The van der Waals surface area contributed by atoms with Crippen LogP contribution in [0.2, 0.25) is 0 Å². The average Bonchev–Trinajstić information content (AvgIpc) is 2.89. The zero-order valence-corrected chi connectivity index (χ0v) is 19.5. The first-order chi connectivity index (χ1) is 14.0. The number of quaternary nitrogens is 1. The van der Waals surface area contributed by atoms with Crippen LogP contribution in [0, 0.1) is 0 Å². The number of carbonyl (C=O) groups is 1. The van der Waals surface area contributed by atoms with Crippen LogP contribution in [-0.2, 0) is 11.3 Å². The van der Waals surface area contributed by atoms with Crippen molar-refractivity contribution in [3.8, 4) is 5.75 Å². The van der Waals surface area contributed by atoms with E-state index >= 15 is 0 Å². The van der Waals surface area contributed by atoms with Crippen LogP contribution in [0.1, 0.15) is 31.2 Å². The number of methoxy groups -OCH3 is 1. The van der Waals surface area contributed by atoms with E-state index in [9.17, 15) is 4.79 Å². The lowest BCUT2D eigenvalue weighted by atomic mass is 9.98. The Bertz CT molecular complexity index is 825. The molecule has 0 saturated carbocycles. The number of carbonyl (C=O) groups excluding carboxylic acids is 1. The third-order valence-electron chi connectivity index (χ3n) is 6.84. The molecule has 1 amide bonds. The molecule has 162 valence electrons. The van der Waals surface area contributed by atoms with Gasteiger partial charge in [0.2, 0.25) is 0 Å². The van der Waals surface area contributed by atoms with Gasteiger partial charge in [-0.05, 0) is 29.8 Å². The SMILES string of the molecule is COc1ccc(CN(C(=O)OC2C[C@H]3CC[C@@H](C2)[N+]3(C)C)c2ccccc2)cc1.[Br-]. The quantitative estimate of drug-likeness (QED) is 0.618. The van der Waals surface area contributed by atoms with Crippen LogP contribution >= 0.6 is 0 Å². The lowest BCUT2D eigenvalue weighted by Crippen LogP contribution is -3.00. The van der Waals surface area contributed by atoms with E-state index in [0.717, 1.165) is 34.3 Å². The fourth-order valence-corrected chi connectivity index (χ4v) is 4.92. The fraction of sp³-hybridized carbons (Fsp3) is 0.458. The summed E-state index contributed by atoms with van der Waals surface area (Å²) < 4.78 is 12.4. The highest BCUT2D eigenvalue weighted by atomic mass is 79.9. The fourth-order valence-electron chi connectivity index (χ4n) is 4.92. The van der Waals surface area contributed by atoms with Crippen molar-refractivity contribution in [2.75, 3.05) is 26.1 Å². The molecule has 30 heavy (non-hydrogen) atoms. The summed E-state index contributed by atoms with van der Waals surface area (Å²) in [6.45, 7) is 0.466. The van der Waals surface area contributed by atoms with Gasteiger partial charge in [0.15, 0.2) is 0 Å². The van der Waals surface area contributed by atoms with Crippen molar-refractivity contribution in [2.45, 2.75) is 50.4 Å². The van der Waals surface area contributed by atoms with E-state index in [4.69, 9.17) is 9.47 Å². The standard InChI is InChI=1S/C24H31N2O3.BrH/c1-26(2)20-11-12-21(26)16-23(15-20)29-24(27)25(19-7-5-4-6-8-19)17-18-9-13-22(28-3)14-10-18;/h4-10,13-14,20-21,23H,11-12,15-17H2,1-3H3;1H/q+1;/p-1/t20-,21+,23?;. The zero-order valence-electron chi connectivity index (χ0n) is 18.0. The van der Waals surface area contributed by atoms with Crippen molar-refractivity contribution in [1.82, 2.24) is 0 Å². The first-order valence-electron chi connectivity index (χ1n) is 10.5. The lowest BCUT2D eigenvalue weighted by molar-refractivity contribution is -0.931. The third kappa shape index (κ3) is 4.65. The Kier molecular flexibility index (Phi) is 7.09. The Morgan fingerprint density at radius 1 is 1.00 bits per heavy atom. The summed E-state index contributed by atoms with van der Waals surface area (Å²) in [5, 5.41) is 0. The second-order valence-corrected chi connectivity index (χ2v) is 8.76. The molecule has 0 spiro atoms. The number of ether oxygens (including phenoxy) is 2. The normalized spacial score (nSPS) is 23.9. The molecule has 2 aromatic carbocycles. The summed E-state index contributed by atoms with van der Waals surface area (Å²) in [6.07, 6.45) is 4.14. The predicted octanol–water partition coefficient (Wildman–Crippen LogP) is 1.61. The van der Waals surface area contributed by atoms with Crippen molar-refractivity contribution < 1.29 is 35.7 Å². The van der Waals surface area contributed by atoms with Gasteiger partial charge in [-0.2, -0.15) is 0 Å². The van der Waals surface area contributed by atoms with Gasteiger partial charge in [-0.3, -0.25) is 4.90 Å². The molecule has 6 heteroatoms. The second-order valence-electron chi connectivity index (χ2n) is 8.76. The molecule has 2 aliphatic rings. The van der Waals surface area contributed by atoms with E-state index in [1.165, 1.54) is 12.8 Å². The molecule has 5 nitrogen and oxygen atoms in total. The average molecular weight is 475 g/mol. The monoisotopic (exact) mass is 474 g/mol. The van der Waals surface area contributed by atoms with E-state index in [-0.39, 0.29) is 29.2 Å². The molecule has 2 heterocycles. The summed E-state index contributed by atoms with van der Waals surface area (Å²) in [5.41, 5.74) is 1.89. The number of para-hydroxylation sites is 1. The first kappa shape index (κ1) is 22.6. The van der Waals surface area contributed by atoms with Crippen molar-refractivity contribution in [3.05, 3.63) is 60.2 Å². The second kappa shape index (κ2) is 9.40. The van der Waals surface area contributed by atoms with Gasteiger partial charge >= 0.3 is 6.09 Å². The molecule has 2 fully saturated rings. The molecule has 4 rings (SSSR count). The molecule has 0 aliphatic carbocycles.